The molecule has 88 valence electrons. The van der Waals surface area contributed by atoms with Crippen molar-refractivity contribution in [2.45, 2.75) is 26.4 Å². The monoisotopic (exact) mass is 224 g/mol. The summed E-state index contributed by atoms with van der Waals surface area (Å²) in [5, 5.41) is 9.55. The number of aromatic hydroxyl groups is 1. The number of carbonyl (C=O) groups excluding carboxylic acids is 1. The van der Waals surface area contributed by atoms with Crippen molar-refractivity contribution in [3.63, 3.8) is 0 Å². The molecule has 1 aromatic carbocycles. The summed E-state index contributed by atoms with van der Waals surface area (Å²) in [7, 11) is 1.31. The Morgan fingerprint density at radius 1 is 1.44 bits per heavy atom. The minimum absolute atomic E-state index is 0.0393. The molecular weight excluding hydrogens is 208 g/mol. The van der Waals surface area contributed by atoms with Crippen LogP contribution in [0.15, 0.2) is 18.2 Å². The van der Waals surface area contributed by atoms with Crippen molar-refractivity contribution in [3.8, 4) is 11.5 Å². The van der Waals surface area contributed by atoms with Crippen molar-refractivity contribution < 1.29 is 19.4 Å². The van der Waals surface area contributed by atoms with Crippen LogP contribution in [0.3, 0.4) is 0 Å². The molecule has 0 unspecified atom stereocenters. The first-order chi connectivity index (χ1) is 7.52. The molecule has 1 rings (SSSR count). The van der Waals surface area contributed by atoms with Gasteiger partial charge >= 0.3 is 5.97 Å². The third-order valence-electron chi connectivity index (χ3n) is 1.99. The summed E-state index contributed by atoms with van der Waals surface area (Å²) in [6, 6.07) is 4.82. The highest BCUT2D eigenvalue weighted by Gasteiger charge is 2.09. The van der Waals surface area contributed by atoms with Crippen LogP contribution in [-0.2, 0) is 16.0 Å². The summed E-state index contributed by atoms with van der Waals surface area (Å²) in [5.41, 5.74) is 0.505. The molecule has 0 aliphatic heterocycles. The smallest absolute Gasteiger partial charge is 0.310 e. The molecule has 0 saturated heterocycles. The third kappa shape index (κ3) is 3.46. The molecule has 0 aliphatic carbocycles. The predicted octanol–water partition coefficient (Wildman–Crippen LogP) is 1.89. The van der Waals surface area contributed by atoms with Gasteiger partial charge in [-0.15, -0.1) is 0 Å². The van der Waals surface area contributed by atoms with Crippen LogP contribution in [0, 0.1) is 0 Å². The standard InChI is InChI=1S/C12H16O4/c1-8(2)16-10-4-5-11(13)9(6-10)7-12(14)15-3/h4-6,8,13H,7H2,1-3H3. The lowest BCUT2D eigenvalue weighted by Gasteiger charge is -2.11. The summed E-state index contributed by atoms with van der Waals surface area (Å²) in [5.74, 6) is 0.310. The summed E-state index contributed by atoms with van der Waals surface area (Å²) < 4.78 is 10.0. The molecule has 0 radical (unpaired) electrons. The Balaban J connectivity index is 2.86. The van der Waals surface area contributed by atoms with Gasteiger partial charge < -0.3 is 14.6 Å². The maximum absolute atomic E-state index is 11.1. The van der Waals surface area contributed by atoms with E-state index in [-0.39, 0.29) is 18.3 Å². The number of carbonyl (C=O) groups is 1. The number of hydrogen-bond donors (Lipinski definition) is 1. The zero-order valence-corrected chi connectivity index (χ0v) is 9.69. The molecule has 4 heteroatoms. The number of phenolic OH excluding ortho intramolecular Hbond substituents is 1. The van der Waals surface area contributed by atoms with Crippen molar-refractivity contribution in [2.24, 2.45) is 0 Å². The van der Waals surface area contributed by atoms with Gasteiger partial charge in [-0.3, -0.25) is 4.79 Å². The van der Waals surface area contributed by atoms with Crippen LogP contribution in [0.25, 0.3) is 0 Å². The Hall–Kier alpha value is -1.71. The molecule has 0 bridgehead atoms. The second kappa shape index (κ2) is 5.39. The fourth-order valence-electron chi connectivity index (χ4n) is 1.28. The summed E-state index contributed by atoms with van der Waals surface area (Å²) >= 11 is 0. The quantitative estimate of drug-likeness (QED) is 0.793. The minimum Gasteiger partial charge on any atom is -0.508 e. The molecule has 4 nitrogen and oxygen atoms in total. The Bertz CT molecular complexity index is 371. The van der Waals surface area contributed by atoms with Gasteiger partial charge in [0.1, 0.15) is 11.5 Å². The molecule has 0 aliphatic rings. The Morgan fingerprint density at radius 3 is 2.69 bits per heavy atom. The first-order valence-corrected chi connectivity index (χ1v) is 5.08. The van der Waals surface area contributed by atoms with Gasteiger partial charge in [0.25, 0.3) is 0 Å². The minimum atomic E-state index is -0.392. The normalized spacial score (nSPS) is 10.2. The van der Waals surface area contributed by atoms with E-state index in [0.717, 1.165) is 0 Å². The number of phenols is 1. The van der Waals surface area contributed by atoms with E-state index < -0.39 is 5.97 Å². The van der Waals surface area contributed by atoms with Gasteiger partial charge in [0, 0.05) is 5.56 Å². The van der Waals surface area contributed by atoms with Crippen LogP contribution in [0.4, 0.5) is 0 Å². The maximum atomic E-state index is 11.1. The van der Waals surface area contributed by atoms with E-state index in [1.165, 1.54) is 13.2 Å². The number of hydrogen-bond acceptors (Lipinski definition) is 4. The molecule has 16 heavy (non-hydrogen) atoms. The van der Waals surface area contributed by atoms with Gasteiger partial charge in [0.05, 0.1) is 19.6 Å². The van der Waals surface area contributed by atoms with Gasteiger partial charge in [-0.2, -0.15) is 0 Å². The first kappa shape index (κ1) is 12.4. The molecule has 0 spiro atoms. The second-order valence-electron chi connectivity index (χ2n) is 3.71. The Labute approximate surface area is 94.8 Å². The lowest BCUT2D eigenvalue weighted by atomic mass is 10.1. The van der Waals surface area contributed by atoms with E-state index in [1.54, 1.807) is 12.1 Å². The third-order valence-corrected chi connectivity index (χ3v) is 1.99. The largest absolute Gasteiger partial charge is 0.508 e. The van der Waals surface area contributed by atoms with Crippen molar-refractivity contribution >= 4 is 5.97 Å². The van der Waals surface area contributed by atoms with Crippen LogP contribution < -0.4 is 4.74 Å². The highest BCUT2D eigenvalue weighted by molar-refractivity contribution is 5.73. The van der Waals surface area contributed by atoms with Crippen LogP contribution in [-0.4, -0.2) is 24.3 Å². The lowest BCUT2D eigenvalue weighted by molar-refractivity contribution is -0.139. The van der Waals surface area contributed by atoms with Crippen molar-refractivity contribution in [2.75, 3.05) is 7.11 Å². The molecule has 0 atom stereocenters. The van der Waals surface area contributed by atoms with Crippen LogP contribution in [0.2, 0.25) is 0 Å². The highest BCUT2D eigenvalue weighted by Crippen LogP contribution is 2.24. The molecule has 0 aromatic heterocycles. The topological polar surface area (TPSA) is 55.8 Å². The van der Waals surface area contributed by atoms with Crippen LogP contribution in [0.1, 0.15) is 19.4 Å². The van der Waals surface area contributed by atoms with E-state index in [4.69, 9.17) is 4.74 Å². The number of esters is 1. The van der Waals surface area contributed by atoms with E-state index >= 15 is 0 Å². The lowest BCUT2D eigenvalue weighted by Crippen LogP contribution is -2.07. The number of rotatable bonds is 4. The molecule has 0 saturated carbocycles. The Morgan fingerprint density at radius 2 is 2.12 bits per heavy atom. The van der Waals surface area contributed by atoms with E-state index in [1.807, 2.05) is 13.8 Å². The van der Waals surface area contributed by atoms with Crippen molar-refractivity contribution in [3.05, 3.63) is 23.8 Å². The fraction of sp³-hybridized carbons (Fsp3) is 0.417. The zero-order valence-electron chi connectivity index (χ0n) is 9.69. The molecule has 0 fully saturated rings. The summed E-state index contributed by atoms with van der Waals surface area (Å²) in [6.45, 7) is 3.82. The number of methoxy groups -OCH3 is 1. The average Bonchev–Trinajstić information content (AvgIpc) is 2.22. The molecule has 0 amide bonds. The maximum Gasteiger partial charge on any atom is 0.310 e. The van der Waals surface area contributed by atoms with Gasteiger partial charge in [0.2, 0.25) is 0 Å². The zero-order chi connectivity index (χ0) is 12.1. The average molecular weight is 224 g/mol. The van der Waals surface area contributed by atoms with Gasteiger partial charge in [-0.1, -0.05) is 0 Å². The molecule has 1 aromatic rings. The van der Waals surface area contributed by atoms with E-state index in [2.05, 4.69) is 4.74 Å². The predicted molar refractivity (Wildman–Crippen MR) is 59.6 cm³/mol. The fourth-order valence-corrected chi connectivity index (χ4v) is 1.28. The van der Waals surface area contributed by atoms with E-state index in [0.29, 0.717) is 11.3 Å². The molecule has 0 heterocycles. The van der Waals surface area contributed by atoms with Gasteiger partial charge in [-0.25, -0.2) is 0 Å². The molecule has 1 N–H and O–H groups in total. The van der Waals surface area contributed by atoms with Crippen LogP contribution in [0.5, 0.6) is 11.5 Å². The Kier molecular flexibility index (Phi) is 4.17. The van der Waals surface area contributed by atoms with Crippen LogP contribution >= 0.6 is 0 Å². The second-order valence-corrected chi connectivity index (χ2v) is 3.71. The highest BCUT2D eigenvalue weighted by atomic mass is 16.5. The van der Waals surface area contributed by atoms with Crippen molar-refractivity contribution in [1.29, 1.82) is 0 Å². The SMILES string of the molecule is COC(=O)Cc1cc(OC(C)C)ccc1O. The van der Waals surface area contributed by atoms with Gasteiger partial charge in [-0.05, 0) is 32.0 Å². The van der Waals surface area contributed by atoms with Gasteiger partial charge in [0.15, 0.2) is 0 Å². The summed E-state index contributed by atoms with van der Waals surface area (Å²) in [4.78, 5) is 11.1. The number of ether oxygens (including phenoxy) is 2. The van der Waals surface area contributed by atoms with Crippen molar-refractivity contribution in [1.82, 2.24) is 0 Å². The first-order valence-electron chi connectivity index (χ1n) is 5.08. The molecular formula is C12H16O4. The van der Waals surface area contributed by atoms with E-state index in [9.17, 15) is 9.90 Å². The number of benzene rings is 1. The summed E-state index contributed by atoms with van der Waals surface area (Å²) in [6.07, 6.45) is 0.0907.